The summed E-state index contributed by atoms with van der Waals surface area (Å²) in [5, 5.41) is 4.69. The molecule has 0 spiro atoms. The number of hydrogen-bond donors (Lipinski definition) is 1. The van der Waals surface area contributed by atoms with Crippen molar-refractivity contribution in [1.82, 2.24) is 10.2 Å². The Kier molecular flexibility index (Phi) is 6.16. The van der Waals surface area contributed by atoms with Gasteiger partial charge in [-0.2, -0.15) is 0 Å². The molecular weight excluding hydrogens is 291 g/mol. The maximum Gasteiger partial charge on any atom is 0.0640 e. The van der Waals surface area contributed by atoms with Gasteiger partial charge in [0.2, 0.25) is 0 Å². The Labute approximate surface area is 132 Å². The SMILES string of the molecule is CNC(CCN1CCCCC1C)c1cccc(Cl)c1Cl. The average Bonchev–Trinajstić information content (AvgIpc) is 2.45. The molecule has 2 rings (SSSR count). The molecule has 0 radical (unpaired) electrons. The highest BCUT2D eigenvalue weighted by Gasteiger charge is 2.20. The molecule has 1 N–H and O–H groups in total. The van der Waals surface area contributed by atoms with Gasteiger partial charge in [0.15, 0.2) is 0 Å². The quantitative estimate of drug-likeness (QED) is 0.859. The zero-order chi connectivity index (χ0) is 14.5. The maximum absolute atomic E-state index is 6.33. The minimum Gasteiger partial charge on any atom is -0.313 e. The highest BCUT2D eigenvalue weighted by Crippen LogP contribution is 2.31. The van der Waals surface area contributed by atoms with Crippen molar-refractivity contribution >= 4 is 23.2 Å². The van der Waals surface area contributed by atoms with E-state index in [0.29, 0.717) is 16.1 Å². The van der Waals surface area contributed by atoms with Gasteiger partial charge in [-0.25, -0.2) is 0 Å². The minimum atomic E-state index is 0.260. The molecule has 0 aliphatic carbocycles. The van der Waals surface area contributed by atoms with Crippen LogP contribution in [-0.2, 0) is 0 Å². The van der Waals surface area contributed by atoms with E-state index in [2.05, 4.69) is 23.2 Å². The topological polar surface area (TPSA) is 15.3 Å². The zero-order valence-electron chi connectivity index (χ0n) is 12.3. The summed E-state index contributed by atoms with van der Waals surface area (Å²) in [4.78, 5) is 2.59. The summed E-state index contributed by atoms with van der Waals surface area (Å²) in [6.45, 7) is 4.66. The fourth-order valence-corrected chi connectivity index (χ4v) is 3.47. The molecule has 1 saturated heterocycles. The van der Waals surface area contributed by atoms with Crippen LogP contribution in [0, 0.1) is 0 Å². The Morgan fingerprint density at radius 1 is 1.35 bits per heavy atom. The van der Waals surface area contributed by atoms with Crippen molar-refractivity contribution in [2.45, 2.75) is 44.7 Å². The van der Waals surface area contributed by atoms with E-state index in [1.807, 2.05) is 19.2 Å². The van der Waals surface area contributed by atoms with E-state index in [-0.39, 0.29) is 6.04 Å². The standard InChI is InChI=1S/C16H24Cl2N2/c1-12-6-3-4-10-20(12)11-9-15(19-2)13-7-5-8-14(17)16(13)18/h5,7-8,12,15,19H,3-4,6,9-11H2,1-2H3. The van der Waals surface area contributed by atoms with Crippen LogP contribution in [-0.4, -0.2) is 31.1 Å². The molecule has 0 aromatic heterocycles. The molecule has 2 nitrogen and oxygen atoms in total. The van der Waals surface area contributed by atoms with Crippen molar-refractivity contribution in [1.29, 1.82) is 0 Å². The van der Waals surface area contributed by atoms with E-state index in [4.69, 9.17) is 23.2 Å². The van der Waals surface area contributed by atoms with Crippen molar-refractivity contribution in [2.24, 2.45) is 0 Å². The molecule has 1 heterocycles. The number of nitrogens with zero attached hydrogens (tertiary/aromatic N) is 1. The van der Waals surface area contributed by atoms with Crippen LogP contribution in [0.4, 0.5) is 0 Å². The number of benzene rings is 1. The molecule has 0 saturated carbocycles. The van der Waals surface area contributed by atoms with E-state index in [1.165, 1.54) is 25.8 Å². The lowest BCUT2D eigenvalue weighted by atomic mass is 10.00. The van der Waals surface area contributed by atoms with Gasteiger partial charge >= 0.3 is 0 Å². The second kappa shape index (κ2) is 7.65. The molecule has 20 heavy (non-hydrogen) atoms. The summed E-state index contributed by atoms with van der Waals surface area (Å²) >= 11 is 12.4. The minimum absolute atomic E-state index is 0.260. The fraction of sp³-hybridized carbons (Fsp3) is 0.625. The van der Waals surface area contributed by atoms with Gasteiger partial charge in [0.1, 0.15) is 0 Å². The third-order valence-corrected chi connectivity index (χ3v) is 5.18. The molecule has 4 heteroatoms. The summed E-state index contributed by atoms with van der Waals surface area (Å²) in [5.74, 6) is 0. The predicted molar refractivity (Wildman–Crippen MR) is 87.8 cm³/mol. The summed E-state index contributed by atoms with van der Waals surface area (Å²) in [7, 11) is 1.99. The molecule has 0 amide bonds. The highest BCUT2D eigenvalue weighted by molar-refractivity contribution is 6.42. The number of halogens is 2. The van der Waals surface area contributed by atoms with E-state index in [9.17, 15) is 0 Å². The normalized spacial score (nSPS) is 21.9. The van der Waals surface area contributed by atoms with Crippen LogP contribution in [0.15, 0.2) is 18.2 Å². The van der Waals surface area contributed by atoms with Gasteiger partial charge in [0, 0.05) is 18.6 Å². The fourth-order valence-electron chi connectivity index (χ4n) is 3.03. The second-order valence-electron chi connectivity index (χ2n) is 5.65. The van der Waals surface area contributed by atoms with Crippen LogP contribution in [0.3, 0.4) is 0 Å². The molecule has 2 atom stereocenters. The van der Waals surface area contributed by atoms with Crippen LogP contribution in [0.1, 0.15) is 44.2 Å². The molecular formula is C16H24Cl2N2. The van der Waals surface area contributed by atoms with Gasteiger partial charge in [-0.1, -0.05) is 41.8 Å². The van der Waals surface area contributed by atoms with E-state index in [0.717, 1.165) is 18.5 Å². The number of likely N-dealkylation sites (tertiary alicyclic amines) is 1. The third-order valence-electron chi connectivity index (χ3n) is 4.35. The Morgan fingerprint density at radius 3 is 2.85 bits per heavy atom. The first-order valence-electron chi connectivity index (χ1n) is 7.48. The van der Waals surface area contributed by atoms with Crippen molar-refractivity contribution in [3.63, 3.8) is 0 Å². The largest absolute Gasteiger partial charge is 0.313 e. The molecule has 0 bridgehead atoms. The monoisotopic (exact) mass is 314 g/mol. The number of rotatable bonds is 5. The van der Waals surface area contributed by atoms with Crippen LogP contribution in [0.2, 0.25) is 10.0 Å². The lowest BCUT2D eigenvalue weighted by molar-refractivity contribution is 0.154. The molecule has 1 fully saturated rings. The average molecular weight is 315 g/mol. The number of piperidine rings is 1. The predicted octanol–water partition coefficient (Wildman–Crippen LogP) is 4.52. The van der Waals surface area contributed by atoms with Crippen LogP contribution < -0.4 is 5.32 Å². The Bertz CT molecular complexity index is 436. The Morgan fingerprint density at radius 2 is 2.15 bits per heavy atom. The summed E-state index contributed by atoms with van der Waals surface area (Å²) in [5.41, 5.74) is 1.10. The van der Waals surface area contributed by atoms with Crippen molar-refractivity contribution < 1.29 is 0 Å². The van der Waals surface area contributed by atoms with Crippen molar-refractivity contribution in [2.75, 3.05) is 20.1 Å². The summed E-state index contributed by atoms with van der Waals surface area (Å²) < 4.78 is 0. The van der Waals surface area contributed by atoms with Gasteiger partial charge in [-0.15, -0.1) is 0 Å². The lowest BCUT2D eigenvalue weighted by Crippen LogP contribution is -2.39. The zero-order valence-corrected chi connectivity index (χ0v) is 13.8. The van der Waals surface area contributed by atoms with Crippen LogP contribution >= 0.6 is 23.2 Å². The molecule has 1 aliphatic rings. The highest BCUT2D eigenvalue weighted by atomic mass is 35.5. The molecule has 2 unspecified atom stereocenters. The third kappa shape index (κ3) is 3.88. The summed E-state index contributed by atoms with van der Waals surface area (Å²) in [6, 6.07) is 6.84. The van der Waals surface area contributed by atoms with Gasteiger partial charge in [-0.3, -0.25) is 0 Å². The van der Waals surface area contributed by atoms with Gasteiger partial charge in [-0.05, 0) is 51.4 Å². The maximum atomic E-state index is 6.33. The number of nitrogens with one attached hydrogen (secondary N) is 1. The molecule has 1 aromatic rings. The smallest absolute Gasteiger partial charge is 0.0640 e. The van der Waals surface area contributed by atoms with Gasteiger partial charge < -0.3 is 10.2 Å². The Hall–Kier alpha value is -0.280. The lowest BCUT2D eigenvalue weighted by Gasteiger charge is -2.34. The van der Waals surface area contributed by atoms with Gasteiger partial charge in [0.25, 0.3) is 0 Å². The Balaban J connectivity index is 2.00. The molecule has 1 aromatic carbocycles. The first kappa shape index (κ1) is 16.1. The molecule has 1 aliphatic heterocycles. The van der Waals surface area contributed by atoms with E-state index >= 15 is 0 Å². The van der Waals surface area contributed by atoms with E-state index in [1.54, 1.807) is 0 Å². The van der Waals surface area contributed by atoms with E-state index < -0.39 is 0 Å². The van der Waals surface area contributed by atoms with Crippen LogP contribution in [0.25, 0.3) is 0 Å². The number of hydrogen-bond acceptors (Lipinski definition) is 2. The van der Waals surface area contributed by atoms with Crippen LogP contribution in [0.5, 0.6) is 0 Å². The first-order valence-corrected chi connectivity index (χ1v) is 8.24. The second-order valence-corrected chi connectivity index (χ2v) is 6.44. The van der Waals surface area contributed by atoms with Crippen molar-refractivity contribution in [3.8, 4) is 0 Å². The van der Waals surface area contributed by atoms with Gasteiger partial charge in [0.05, 0.1) is 10.0 Å². The van der Waals surface area contributed by atoms with Crippen molar-refractivity contribution in [3.05, 3.63) is 33.8 Å². The summed E-state index contributed by atoms with van der Waals surface area (Å²) in [6.07, 6.45) is 5.07. The first-order chi connectivity index (χ1) is 9.63. The molecule has 112 valence electrons.